The van der Waals surface area contributed by atoms with Gasteiger partial charge in [-0.1, -0.05) is 40.2 Å². The normalized spacial score (nSPS) is 13.6. The van der Waals surface area contributed by atoms with Crippen LogP contribution in [0.15, 0.2) is 67.0 Å². The van der Waals surface area contributed by atoms with Crippen LogP contribution >= 0.6 is 15.9 Å². The lowest BCUT2D eigenvalue weighted by Gasteiger charge is -2.29. The second-order valence-electron chi connectivity index (χ2n) is 8.14. The summed E-state index contributed by atoms with van der Waals surface area (Å²) >= 11 is 3.47. The Morgan fingerprint density at radius 1 is 1.00 bits per heavy atom. The molecule has 0 atom stereocenters. The van der Waals surface area contributed by atoms with E-state index in [0.29, 0.717) is 24.7 Å². The van der Waals surface area contributed by atoms with Crippen LogP contribution in [-0.4, -0.2) is 30.1 Å². The first-order valence-corrected chi connectivity index (χ1v) is 12.7. The zero-order chi connectivity index (χ0) is 22.9. The Morgan fingerprint density at radius 2 is 1.82 bits per heavy atom. The lowest BCUT2D eigenvalue weighted by atomic mass is 10.1. The molecular weight excluding hydrogens is 480 g/mol. The summed E-state index contributed by atoms with van der Waals surface area (Å²) in [4.78, 5) is 6.57. The third kappa shape index (κ3) is 5.99. The van der Waals surface area contributed by atoms with Gasteiger partial charge in [-0.2, -0.15) is 0 Å². The van der Waals surface area contributed by atoms with Crippen molar-refractivity contribution in [2.75, 3.05) is 23.9 Å². The summed E-state index contributed by atoms with van der Waals surface area (Å²) in [7, 11) is 1.69. The van der Waals surface area contributed by atoms with E-state index in [1.165, 1.54) is 12.8 Å². The van der Waals surface area contributed by atoms with Gasteiger partial charge in [0.05, 0.1) is 25.5 Å². The van der Waals surface area contributed by atoms with Gasteiger partial charge < -0.3 is 19.1 Å². The molecule has 0 saturated heterocycles. The van der Waals surface area contributed by atoms with Crippen molar-refractivity contribution >= 4 is 27.3 Å². The predicted octanol–water partition coefficient (Wildman–Crippen LogP) is 6.91. The monoisotopic (exact) mass is 510 g/mol. The van der Waals surface area contributed by atoms with Gasteiger partial charge in [-0.15, -0.1) is 0 Å². The molecule has 0 aliphatic heterocycles. The highest BCUT2D eigenvalue weighted by Crippen LogP contribution is 2.48. The zero-order valence-electron chi connectivity index (χ0n) is 19.1. The number of aromatic nitrogens is 1. The highest BCUT2D eigenvalue weighted by molar-refractivity contribution is 9.09. The van der Waals surface area contributed by atoms with E-state index in [1.807, 2.05) is 24.4 Å². The van der Waals surface area contributed by atoms with E-state index in [9.17, 15) is 0 Å². The van der Waals surface area contributed by atoms with Gasteiger partial charge >= 0.3 is 0 Å². The van der Waals surface area contributed by atoms with Crippen LogP contribution in [0.25, 0.3) is 0 Å². The summed E-state index contributed by atoms with van der Waals surface area (Å²) in [6.07, 6.45) is 9.32. The molecule has 1 heterocycles. The van der Waals surface area contributed by atoms with Crippen LogP contribution in [0, 0.1) is 0 Å². The van der Waals surface area contributed by atoms with Crippen molar-refractivity contribution in [2.24, 2.45) is 0 Å². The van der Waals surface area contributed by atoms with Gasteiger partial charge in [-0.3, -0.25) is 4.98 Å². The van der Waals surface area contributed by atoms with E-state index < -0.39 is 0 Å². The fraction of sp³-hybridized carbons (Fsp3) is 0.370. The van der Waals surface area contributed by atoms with Gasteiger partial charge in [0, 0.05) is 30.0 Å². The first kappa shape index (κ1) is 23.4. The minimum atomic E-state index is 0.187. The van der Waals surface area contributed by atoms with E-state index in [-0.39, 0.29) is 6.10 Å². The average Bonchev–Trinajstić information content (AvgIpc) is 3.38. The fourth-order valence-corrected chi connectivity index (χ4v) is 4.40. The van der Waals surface area contributed by atoms with Crippen molar-refractivity contribution in [3.63, 3.8) is 0 Å². The van der Waals surface area contributed by atoms with Crippen LogP contribution in [0.5, 0.6) is 17.2 Å². The Kier molecular flexibility index (Phi) is 8.47. The van der Waals surface area contributed by atoms with Gasteiger partial charge in [-0.05, 0) is 68.0 Å². The van der Waals surface area contributed by atoms with Crippen LogP contribution in [0.3, 0.4) is 0 Å². The molecule has 4 rings (SSSR count). The number of hydrogen-bond donors (Lipinski definition) is 0. The number of rotatable bonds is 11. The molecule has 174 valence electrons. The van der Waals surface area contributed by atoms with Crippen molar-refractivity contribution in [1.82, 2.24) is 4.98 Å². The maximum Gasteiger partial charge on any atom is 0.205 e. The number of hydrogen-bond acceptors (Lipinski definition) is 5. The fourth-order valence-electron chi connectivity index (χ4n) is 4.17. The molecule has 0 radical (unpaired) electrons. The molecule has 2 aromatic carbocycles. The predicted molar refractivity (Wildman–Crippen MR) is 136 cm³/mol. The number of methoxy groups -OCH3 is 1. The van der Waals surface area contributed by atoms with Gasteiger partial charge in [0.15, 0.2) is 11.5 Å². The van der Waals surface area contributed by atoms with Crippen LogP contribution in [0.1, 0.15) is 37.7 Å². The number of benzene rings is 2. The van der Waals surface area contributed by atoms with E-state index in [4.69, 9.17) is 14.2 Å². The average molecular weight is 511 g/mol. The summed E-state index contributed by atoms with van der Waals surface area (Å²) in [5.41, 5.74) is 3.15. The van der Waals surface area contributed by atoms with Crippen molar-refractivity contribution in [1.29, 1.82) is 0 Å². The first-order valence-electron chi connectivity index (χ1n) is 11.6. The molecule has 1 aliphatic rings. The highest BCUT2D eigenvalue weighted by Gasteiger charge is 2.26. The topological polar surface area (TPSA) is 43.8 Å². The molecule has 0 bridgehead atoms. The SMILES string of the molecule is COc1c(OCCCBr)ccc(N(Cc2cccnc2)c2ccccc2)c1OC1CCCC1. The number of para-hydroxylation sites is 1. The number of nitrogens with zero attached hydrogens (tertiary/aromatic N) is 2. The third-order valence-electron chi connectivity index (χ3n) is 5.80. The van der Waals surface area contributed by atoms with E-state index in [1.54, 1.807) is 13.3 Å². The lowest BCUT2D eigenvalue weighted by Crippen LogP contribution is -2.20. The molecule has 1 aliphatic carbocycles. The summed E-state index contributed by atoms with van der Waals surface area (Å²) in [5, 5.41) is 0.895. The Bertz CT molecular complexity index is 995. The van der Waals surface area contributed by atoms with E-state index in [2.05, 4.69) is 62.2 Å². The second kappa shape index (κ2) is 11.9. The van der Waals surface area contributed by atoms with Gasteiger partial charge in [-0.25, -0.2) is 0 Å². The maximum atomic E-state index is 6.64. The molecule has 0 N–H and O–H groups in total. The Morgan fingerprint density at radius 3 is 2.52 bits per heavy atom. The van der Waals surface area contributed by atoms with Gasteiger partial charge in [0.1, 0.15) is 0 Å². The third-order valence-corrected chi connectivity index (χ3v) is 6.36. The number of ether oxygens (including phenoxy) is 3. The molecule has 1 saturated carbocycles. The van der Waals surface area contributed by atoms with Crippen LogP contribution < -0.4 is 19.1 Å². The van der Waals surface area contributed by atoms with E-state index in [0.717, 1.165) is 47.3 Å². The minimum Gasteiger partial charge on any atom is -0.490 e. The largest absolute Gasteiger partial charge is 0.490 e. The second-order valence-corrected chi connectivity index (χ2v) is 8.94. The standard InChI is InChI=1S/C27H31BrN2O3/c1-31-27-25(32-18-8-16-28)15-14-24(26(27)33-23-12-5-6-13-23)30(22-10-3-2-4-11-22)20-21-9-7-17-29-19-21/h2-4,7,9-11,14-15,17,19,23H,5-6,8,12-13,16,18,20H2,1H3. The summed E-state index contributed by atoms with van der Waals surface area (Å²) < 4.78 is 18.6. The molecule has 3 aromatic rings. The highest BCUT2D eigenvalue weighted by atomic mass is 79.9. The Labute approximate surface area is 204 Å². The molecule has 0 amide bonds. The van der Waals surface area contributed by atoms with Crippen molar-refractivity contribution < 1.29 is 14.2 Å². The number of anilines is 2. The Balaban J connectivity index is 1.78. The summed E-state index contributed by atoms with van der Waals surface area (Å²) in [6, 6.07) is 18.5. The molecule has 33 heavy (non-hydrogen) atoms. The summed E-state index contributed by atoms with van der Waals surface area (Å²) in [5.74, 6) is 2.11. The molecule has 1 fully saturated rings. The van der Waals surface area contributed by atoms with E-state index >= 15 is 0 Å². The van der Waals surface area contributed by atoms with Gasteiger partial charge in [0.2, 0.25) is 5.75 Å². The lowest BCUT2D eigenvalue weighted by molar-refractivity contribution is 0.197. The summed E-state index contributed by atoms with van der Waals surface area (Å²) in [6.45, 7) is 1.27. The van der Waals surface area contributed by atoms with Gasteiger partial charge in [0.25, 0.3) is 0 Å². The van der Waals surface area contributed by atoms with Crippen LogP contribution in [0.4, 0.5) is 11.4 Å². The van der Waals surface area contributed by atoms with Crippen molar-refractivity contribution in [2.45, 2.75) is 44.8 Å². The molecule has 1 aromatic heterocycles. The number of halogens is 1. The first-order chi connectivity index (χ1) is 16.3. The molecule has 5 nitrogen and oxygen atoms in total. The van der Waals surface area contributed by atoms with Crippen LogP contribution in [-0.2, 0) is 6.54 Å². The smallest absolute Gasteiger partial charge is 0.205 e. The maximum absolute atomic E-state index is 6.64. The minimum absolute atomic E-state index is 0.187. The Hall–Kier alpha value is -2.73. The quantitative estimate of drug-likeness (QED) is 0.207. The number of pyridine rings is 1. The van der Waals surface area contributed by atoms with Crippen molar-refractivity contribution in [3.8, 4) is 17.2 Å². The molecule has 6 heteroatoms. The zero-order valence-corrected chi connectivity index (χ0v) is 20.7. The number of alkyl halides is 1. The molecular formula is C27H31BrN2O3. The molecule has 0 unspecified atom stereocenters. The van der Waals surface area contributed by atoms with Crippen LogP contribution in [0.2, 0.25) is 0 Å². The van der Waals surface area contributed by atoms with Crippen molar-refractivity contribution in [3.05, 3.63) is 72.6 Å². The molecule has 0 spiro atoms.